The average molecular weight is 297 g/mol. The molecule has 0 spiro atoms. The Labute approximate surface area is 123 Å². The van der Waals surface area contributed by atoms with Gasteiger partial charge in [-0.15, -0.1) is 0 Å². The van der Waals surface area contributed by atoms with E-state index in [0.29, 0.717) is 31.5 Å². The highest BCUT2D eigenvalue weighted by atomic mass is 19.1. The lowest BCUT2D eigenvalue weighted by Crippen LogP contribution is -2.35. The molecule has 2 unspecified atom stereocenters. The van der Waals surface area contributed by atoms with E-state index in [4.69, 9.17) is 0 Å². The highest BCUT2D eigenvalue weighted by Crippen LogP contribution is 2.39. The topological polar surface area (TPSA) is 40.5 Å². The Morgan fingerprint density at radius 2 is 2.00 bits per heavy atom. The van der Waals surface area contributed by atoms with Crippen LogP contribution in [0.4, 0.5) is 8.78 Å². The molecule has 5 heteroatoms. The molecule has 1 saturated heterocycles. The van der Waals surface area contributed by atoms with Crippen LogP contribution in [0.2, 0.25) is 0 Å². The Morgan fingerprint density at radius 1 is 1.38 bits per heavy atom. The standard InChI is InChI=1S/C16H21F2NO2/c1-3-4-16(15(20)21)5-6-19(10-16)11(2)12-7-13(17)9-14(18)8-12/h7-9,11H,3-6,10H2,1-2H3,(H,20,21). The smallest absolute Gasteiger partial charge is 0.310 e. The molecule has 1 aliphatic heterocycles. The molecule has 2 rings (SSSR count). The molecule has 3 nitrogen and oxygen atoms in total. The van der Waals surface area contributed by atoms with Gasteiger partial charge in [-0.25, -0.2) is 8.78 Å². The molecule has 1 aromatic rings. The Hall–Kier alpha value is -1.49. The molecule has 21 heavy (non-hydrogen) atoms. The van der Waals surface area contributed by atoms with Gasteiger partial charge in [0.1, 0.15) is 11.6 Å². The van der Waals surface area contributed by atoms with Crippen LogP contribution in [0.15, 0.2) is 18.2 Å². The Balaban J connectivity index is 2.18. The van der Waals surface area contributed by atoms with Crippen LogP contribution in [0.3, 0.4) is 0 Å². The van der Waals surface area contributed by atoms with Crippen molar-refractivity contribution in [1.82, 2.24) is 4.90 Å². The highest BCUT2D eigenvalue weighted by molar-refractivity contribution is 5.75. The third-order valence-corrected chi connectivity index (χ3v) is 4.48. The fourth-order valence-electron chi connectivity index (χ4n) is 3.23. The van der Waals surface area contributed by atoms with Crippen molar-refractivity contribution in [3.8, 4) is 0 Å². The molecule has 116 valence electrons. The van der Waals surface area contributed by atoms with Gasteiger partial charge in [-0.3, -0.25) is 9.69 Å². The van der Waals surface area contributed by atoms with Crippen LogP contribution in [0, 0.1) is 17.0 Å². The van der Waals surface area contributed by atoms with Crippen LogP contribution in [0.25, 0.3) is 0 Å². The van der Waals surface area contributed by atoms with E-state index in [2.05, 4.69) is 0 Å². The Morgan fingerprint density at radius 3 is 2.52 bits per heavy atom. The molecule has 1 N–H and O–H groups in total. The third kappa shape index (κ3) is 3.23. The van der Waals surface area contributed by atoms with E-state index < -0.39 is 23.0 Å². The number of nitrogens with zero attached hydrogens (tertiary/aromatic N) is 1. The molecular formula is C16H21F2NO2. The van der Waals surface area contributed by atoms with E-state index >= 15 is 0 Å². The van der Waals surface area contributed by atoms with Gasteiger partial charge < -0.3 is 5.11 Å². The molecule has 1 fully saturated rings. The minimum atomic E-state index is -0.774. The average Bonchev–Trinajstić information content (AvgIpc) is 2.83. The Bertz CT molecular complexity index is 515. The first kappa shape index (κ1) is 15.9. The second kappa shape index (κ2) is 6.10. The zero-order chi connectivity index (χ0) is 15.6. The molecule has 0 aliphatic carbocycles. The summed E-state index contributed by atoms with van der Waals surface area (Å²) in [5.74, 6) is -1.98. The second-order valence-electron chi connectivity index (χ2n) is 5.93. The third-order valence-electron chi connectivity index (χ3n) is 4.48. The maximum atomic E-state index is 13.3. The van der Waals surface area contributed by atoms with Gasteiger partial charge in [0, 0.05) is 18.7 Å². The van der Waals surface area contributed by atoms with Gasteiger partial charge >= 0.3 is 5.97 Å². The SMILES string of the molecule is CCCC1(C(=O)O)CCN(C(C)c2cc(F)cc(F)c2)C1. The normalized spacial score (nSPS) is 24.2. The monoisotopic (exact) mass is 297 g/mol. The van der Waals surface area contributed by atoms with Crippen LogP contribution in [0.1, 0.15) is 44.7 Å². The second-order valence-corrected chi connectivity index (χ2v) is 5.93. The van der Waals surface area contributed by atoms with Crippen LogP contribution in [0.5, 0.6) is 0 Å². The van der Waals surface area contributed by atoms with E-state index in [1.807, 2.05) is 18.7 Å². The first-order chi connectivity index (χ1) is 9.88. The molecule has 2 atom stereocenters. The maximum absolute atomic E-state index is 13.3. The van der Waals surface area contributed by atoms with Gasteiger partial charge in [0.25, 0.3) is 0 Å². The van der Waals surface area contributed by atoms with Crippen LogP contribution >= 0.6 is 0 Å². The molecule has 0 radical (unpaired) electrons. The number of carbonyl (C=O) groups is 1. The highest BCUT2D eigenvalue weighted by Gasteiger charge is 2.45. The molecule has 1 aromatic carbocycles. The molecule has 1 aliphatic rings. The lowest BCUT2D eigenvalue weighted by atomic mass is 9.82. The van der Waals surface area contributed by atoms with Crippen molar-refractivity contribution in [2.24, 2.45) is 5.41 Å². The van der Waals surface area contributed by atoms with Crippen molar-refractivity contribution >= 4 is 5.97 Å². The summed E-state index contributed by atoms with van der Waals surface area (Å²) in [6.07, 6.45) is 2.02. The van der Waals surface area contributed by atoms with Gasteiger partial charge in [-0.05, 0) is 44.0 Å². The zero-order valence-electron chi connectivity index (χ0n) is 12.4. The quantitative estimate of drug-likeness (QED) is 0.902. The number of carboxylic acids is 1. The summed E-state index contributed by atoms with van der Waals surface area (Å²) in [5, 5.41) is 9.51. The molecule has 0 saturated carbocycles. The lowest BCUT2D eigenvalue weighted by molar-refractivity contribution is -0.148. The van der Waals surface area contributed by atoms with E-state index in [9.17, 15) is 18.7 Å². The number of rotatable bonds is 5. The summed E-state index contributed by atoms with van der Waals surface area (Å²) in [6.45, 7) is 4.89. The van der Waals surface area contributed by atoms with Crippen LogP contribution in [-0.2, 0) is 4.79 Å². The summed E-state index contributed by atoms with van der Waals surface area (Å²) in [6, 6.07) is 3.27. The fourth-order valence-corrected chi connectivity index (χ4v) is 3.23. The first-order valence-electron chi connectivity index (χ1n) is 7.31. The number of aliphatic carboxylic acids is 1. The van der Waals surface area contributed by atoms with Crippen molar-refractivity contribution in [2.75, 3.05) is 13.1 Å². The van der Waals surface area contributed by atoms with Crippen molar-refractivity contribution in [1.29, 1.82) is 0 Å². The number of hydrogen-bond donors (Lipinski definition) is 1. The first-order valence-corrected chi connectivity index (χ1v) is 7.31. The van der Waals surface area contributed by atoms with Crippen molar-refractivity contribution in [3.05, 3.63) is 35.4 Å². The van der Waals surface area contributed by atoms with E-state index in [-0.39, 0.29) is 6.04 Å². The Kier molecular flexibility index (Phi) is 4.61. The van der Waals surface area contributed by atoms with Gasteiger partial charge in [0.2, 0.25) is 0 Å². The summed E-state index contributed by atoms with van der Waals surface area (Å²) in [7, 11) is 0. The van der Waals surface area contributed by atoms with Crippen LogP contribution in [-0.4, -0.2) is 29.1 Å². The van der Waals surface area contributed by atoms with Gasteiger partial charge in [-0.1, -0.05) is 13.3 Å². The molecule has 0 aromatic heterocycles. The minimum Gasteiger partial charge on any atom is -0.481 e. The van der Waals surface area contributed by atoms with E-state index in [1.54, 1.807) is 0 Å². The fraction of sp³-hybridized carbons (Fsp3) is 0.562. The zero-order valence-corrected chi connectivity index (χ0v) is 12.4. The van der Waals surface area contributed by atoms with Gasteiger partial charge in [0.05, 0.1) is 5.41 Å². The predicted molar refractivity (Wildman–Crippen MR) is 75.9 cm³/mol. The summed E-state index contributed by atoms with van der Waals surface area (Å²) in [5.41, 5.74) is -0.181. The van der Waals surface area contributed by atoms with Crippen molar-refractivity contribution in [2.45, 2.75) is 39.2 Å². The summed E-state index contributed by atoms with van der Waals surface area (Å²) in [4.78, 5) is 13.6. The largest absolute Gasteiger partial charge is 0.481 e. The van der Waals surface area contributed by atoms with Crippen molar-refractivity contribution < 1.29 is 18.7 Å². The number of carboxylic acid groups (broad SMARTS) is 1. The lowest BCUT2D eigenvalue weighted by Gasteiger charge is -2.28. The molecule has 1 heterocycles. The number of halogens is 2. The maximum Gasteiger partial charge on any atom is 0.310 e. The molecule has 0 amide bonds. The number of benzene rings is 1. The minimum absolute atomic E-state index is 0.201. The molecular weight excluding hydrogens is 276 g/mol. The van der Waals surface area contributed by atoms with Crippen LogP contribution < -0.4 is 0 Å². The van der Waals surface area contributed by atoms with Gasteiger partial charge in [0.15, 0.2) is 0 Å². The van der Waals surface area contributed by atoms with E-state index in [1.165, 1.54) is 12.1 Å². The number of hydrogen-bond acceptors (Lipinski definition) is 2. The molecule has 0 bridgehead atoms. The van der Waals surface area contributed by atoms with E-state index in [0.717, 1.165) is 12.5 Å². The van der Waals surface area contributed by atoms with Crippen molar-refractivity contribution in [3.63, 3.8) is 0 Å². The van der Waals surface area contributed by atoms with Gasteiger partial charge in [-0.2, -0.15) is 0 Å². The predicted octanol–water partition coefficient (Wildman–Crippen LogP) is 3.60. The summed E-state index contributed by atoms with van der Waals surface area (Å²) < 4.78 is 26.6. The summed E-state index contributed by atoms with van der Waals surface area (Å²) >= 11 is 0. The number of likely N-dealkylation sites (tertiary alicyclic amines) is 1.